The molecule has 0 saturated carbocycles. The van der Waals surface area contributed by atoms with Gasteiger partial charge in [0.25, 0.3) is 0 Å². The molecule has 0 spiro atoms. The number of hydrogen-bond acceptors (Lipinski definition) is 4. The van der Waals surface area contributed by atoms with Crippen LogP contribution in [0.2, 0.25) is 0 Å². The minimum absolute atomic E-state index is 0.235. The number of imidazole rings is 1. The van der Waals surface area contributed by atoms with Gasteiger partial charge >= 0.3 is 0 Å². The van der Waals surface area contributed by atoms with Gasteiger partial charge in [-0.1, -0.05) is 12.1 Å². The van der Waals surface area contributed by atoms with Crippen LogP contribution in [-0.2, 0) is 17.1 Å². The molecule has 25 heavy (non-hydrogen) atoms. The highest BCUT2D eigenvalue weighted by molar-refractivity contribution is 7.97. The topological polar surface area (TPSA) is 50.2 Å². The van der Waals surface area contributed by atoms with E-state index in [-0.39, 0.29) is 5.91 Å². The van der Waals surface area contributed by atoms with Crippen molar-refractivity contribution in [3.05, 3.63) is 30.1 Å². The summed E-state index contributed by atoms with van der Waals surface area (Å²) in [7, 11) is 0. The van der Waals surface area contributed by atoms with Gasteiger partial charge in [-0.3, -0.25) is 4.79 Å². The minimum atomic E-state index is 0.235. The van der Waals surface area contributed by atoms with E-state index in [9.17, 15) is 4.79 Å². The van der Waals surface area contributed by atoms with Crippen molar-refractivity contribution in [2.45, 2.75) is 25.1 Å². The van der Waals surface area contributed by atoms with Gasteiger partial charge in [-0.15, -0.1) is 0 Å². The third-order valence-electron chi connectivity index (χ3n) is 5.67. The SMILES string of the molecule is CSCc1nc2ccccc2n1CC(=O)N1CC[C@@H]2CNC[C@@H]2CC1. The monoisotopic (exact) mass is 358 g/mol. The van der Waals surface area contributed by atoms with E-state index in [2.05, 4.69) is 27.1 Å². The summed E-state index contributed by atoms with van der Waals surface area (Å²) in [5, 5.41) is 3.50. The van der Waals surface area contributed by atoms with Crippen molar-refractivity contribution < 1.29 is 4.79 Å². The number of nitrogens with one attached hydrogen (secondary N) is 1. The average molecular weight is 359 g/mol. The standard InChI is InChI=1S/C19H26N4OS/c1-25-13-18-21-16-4-2-3-5-17(16)23(18)12-19(24)22-8-6-14-10-20-11-15(14)7-9-22/h2-5,14-15,20H,6-13H2,1H3/t14-,15+. The number of likely N-dealkylation sites (tertiary alicyclic amines) is 1. The fourth-order valence-electron chi connectivity index (χ4n) is 4.24. The highest BCUT2D eigenvalue weighted by atomic mass is 32.2. The first kappa shape index (κ1) is 16.9. The molecule has 2 fully saturated rings. The highest BCUT2D eigenvalue weighted by Gasteiger charge is 2.31. The van der Waals surface area contributed by atoms with E-state index in [0.29, 0.717) is 6.54 Å². The van der Waals surface area contributed by atoms with Gasteiger partial charge in [-0.25, -0.2) is 4.98 Å². The van der Waals surface area contributed by atoms with Crippen LogP contribution in [0.1, 0.15) is 18.7 Å². The van der Waals surface area contributed by atoms with Crippen molar-refractivity contribution in [1.82, 2.24) is 19.8 Å². The predicted molar refractivity (Wildman–Crippen MR) is 103 cm³/mol. The first-order chi connectivity index (χ1) is 12.3. The van der Waals surface area contributed by atoms with Crippen LogP contribution >= 0.6 is 11.8 Å². The molecule has 2 aromatic rings. The van der Waals surface area contributed by atoms with Crippen LogP contribution in [0.5, 0.6) is 0 Å². The van der Waals surface area contributed by atoms with Gasteiger partial charge in [0.1, 0.15) is 12.4 Å². The summed E-state index contributed by atoms with van der Waals surface area (Å²) in [6, 6.07) is 8.12. The number of nitrogens with zero attached hydrogens (tertiary/aromatic N) is 3. The predicted octanol–water partition coefficient (Wildman–Crippen LogP) is 2.36. The van der Waals surface area contributed by atoms with Crippen molar-refractivity contribution in [3.63, 3.8) is 0 Å². The van der Waals surface area contributed by atoms with Gasteiger partial charge in [0.05, 0.1) is 16.8 Å². The third kappa shape index (κ3) is 3.42. The zero-order valence-electron chi connectivity index (χ0n) is 14.8. The molecule has 1 N–H and O–H groups in total. The molecule has 3 heterocycles. The van der Waals surface area contributed by atoms with Crippen LogP contribution in [0.15, 0.2) is 24.3 Å². The van der Waals surface area contributed by atoms with E-state index in [1.165, 1.54) is 0 Å². The first-order valence-corrected chi connectivity index (χ1v) is 10.6. The molecule has 2 saturated heterocycles. The summed E-state index contributed by atoms with van der Waals surface area (Å²) in [5.74, 6) is 3.56. The van der Waals surface area contributed by atoms with Crippen molar-refractivity contribution in [3.8, 4) is 0 Å². The first-order valence-electron chi connectivity index (χ1n) is 9.18. The number of thioether (sulfide) groups is 1. The van der Waals surface area contributed by atoms with Gasteiger partial charge < -0.3 is 14.8 Å². The maximum absolute atomic E-state index is 13.0. The second-order valence-corrected chi connectivity index (χ2v) is 8.04. The molecule has 0 aliphatic carbocycles. The summed E-state index contributed by atoms with van der Waals surface area (Å²) < 4.78 is 2.11. The van der Waals surface area contributed by atoms with Crippen molar-refractivity contribution in [1.29, 1.82) is 0 Å². The van der Waals surface area contributed by atoms with E-state index in [1.807, 2.05) is 18.2 Å². The molecule has 6 heteroatoms. The average Bonchev–Trinajstić information content (AvgIpc) is 3.15. The second kappa shape index (κ2) is 7.38. The number of benzene rings is 1. The van der Waals surface area contributed by atoms with Crippen molar-refractivity contribution in [2.24, 2.45) is 11.8 Å². The van der Waals surface area contributed by atoms with Crippen LogP contribution < -0.4 is 5.32 Å². The van der Waals surface area contributed by atoms with E-state index in [0.717, 1.165) is 73.5 Å². The molecule has 0 radical (unpaired) electrons. The van der Waals surface area contributed by atoms with Gasteiger partial charge in [-0.05, 0) is 56.2 Å². The van der Waals surface area contributed by atoms with Crippen LogP contribution in [0, 0.1) is 11.8 Å². The molecule has 2 aliphatic heterocycles. The lowest BCUT2D eigenvalue weighted by atomic mass is 9.92. The lowest BCUT2D eigenvalue weighted by molar-refractivity contribution is -0.131. The Bertz CT molecular complexity index is 745. The van der Waals surface area contributed by atoms with Crippen LogP contribution in [-0.4, -0.2) is 52.8 Å². The molecule has 1 aromatic carbocycles. The second-order valence-electron chi connectivity index (χ2n) is 7.17. The summed E-state index contributed by atoms with van der Waals surface area (Å²) in [6.07, 6.45) is 4.34. The van der Waals surface area contributed by atoms with Crippen molar-refractivity contribution in [2.75, 3.05) is 32.4 Å². The number of carbonyl (C=O) groups excluding carboxylic acids is 1. The van der Waals surface area contributed by atoms with E-state index >= 15 is 0 Å². The molecule has 1 amide bonds. The van der Waals surface area contributed by atoms with Crippen molar-refractivity contribution >= 4 is 28.7 Å². The van der Waals surface area contributed by atoms with Gasteiger partial charge in [-0.2, -0.15) is 11.8 Å². The molecular formula is C19H26N4OS. The highest BCUT2D eigenvalue weighted by Crippen LogP contribution is 2.27. The molecule has 2 atom stereocenters. The fraction of sp³-hybridized carbons (Fsp3) is 0.579. The molecule has 5 nitrogen and oxygen atoms in total. The van der Waals surface area contributed by atoms with E-state index in [1.54, 1.807) is 11.8 Å². The summed E-state index contributed by atoms with van der Waals surface area (Å²) >= 11 is 1.75. The number of amides is 1. The van der Waals surface area contributed by atoms with Crippen LogP contribution in [0.3, 0.4) is 0 Å². The van der Waals surface area contributed by atoms with Crippen LogP contribution in [0.25, 0.3) is 11.0 Å². The Morgan fingerprint density at radius 3 is 2.68 bits per heavy atom. The number of aromatic nitrogens is 2. The number of carbonyl (C=O) groups is 1. The maximum Gasteiger partial charge on any atom is 0.242 e. The number of rotatable bonds is 4. The quantitative estimate of drug-likeness (QED) is 0.912. The summed E-state index contributed by atoms with van der Waals surface area (Å²) in [5.41, 5.74) is 2.05. The summed E-state index contributed by atoms with van der Waals surface area (Å²) in [6.45, 7) is 4.44. The number of para-hydroxylation sites is 2. The Balaban J connectivity index is 1.52. The molecule has 0 bridgehead atoms. The summed E-state index contributed by atoms with van der Waals surface area (Å²) in [4.78, 5) is 19.8. The molecule has 4 rings (SSSR count). The fourth-order valence-corrected chi connectivity index (χ4v) is 4.72. The molecule has 0 unspecified atom stereocenters. The molecule has 134 valence electrons. The maximum atomic E-state index is 13.0. The zero-order valence-corrected chi connectivity index (χ0v) is 15.6. The van der Waals surface area contributed by atoms with E-state index < -0.39 is 0 Å². The number of fused-ring (bicyclic) bond motifs is 2. The van der Waals surface area contributed by atoms with E-state index in [4.69, 9.17) is 4.98 Å². The zero-order chi connectivity index (χ0) is 17.2. The minimum Gasteiger partial charge on any atom is -0.341 e. The Morgan fingerprint density at radius 2 is 1.96 bits per heavy atom. The van der Waals surface area contributed by atoms with Crippen LogP contribution in [0.4, 0.5) is 0 Å². The molecular weight excluding hydrogens is 332 g/mol. The normalized spacial score (nSPS) is 23.6. The molecule has 2 aliphatic rings. The van der Waals surface area contributed by atoms with Gasteiger partial charge in [0.15, 0.2) is 0 Å². The van der Waals surface area contributed by atoms with Gasteiger partial charge in [0.2, 0.25) is 5.91 Å². The Kier molecular flexibility index (Phi) is 4.99. The Hall–Kier alpha value is -1.53. The largest absolute Gasteiger partial charge is 0.341 e. The molecule has 1 aromatic heterocycles. The number of hydrogen-bond donors (Lipinski definition) is 1. The Morgan fingerprint density at radius 1 is 1.24 bits per heavy atom. The Labute approximate surface area is 153 Å². The lowest BCUT2D eigenvalue weighted by Gasteiger charge is -2.22. The van der Waals surface area contributed by atoms with Gasteiger partial charge in [0, 0.05) is 13.1 Å². The third-order valence-corrected chi connectivity index (χ3v) is 6.22. The lowest BCUT2D eigenvalue weighted by Crippen LogP contribution is -2.35. The smallest absolute Gasteiger partial charge is 0.242 e.